The van der Waals surface area contributed by atoms with Gasteiger partial charge in [0.1, 0.15) is 11.6 Å². The minimum Gasteiger partial charge on any atom is -0.359 e. The Balaban J connectivity index is 1.26. The number of hydrogen-bond acceptors (Lipinski definition) is 5. The summed E-state index contributed by atoms with van der Waals surface area (Å²) in [5.41, 5.74) is 1.72. The minimum atomic E-state index is -1.12. The van der Waals surface area contributed by atoms with Gasteiger partial charge in [0.2, 0.25) is 17.7 Å². The van der Waals surface area contributed by atoms with Gasteiger partial charge in [-0.2, -0.15) is 0 Å². The first kappa shape index (κ1) is 28.4. The minimum absolute atomic E-state index is 0.0782. The molecule has 0 unspecified atom stereocenters. The fourth-order valence-electron chi connectivity index (χ4n) is 8.30. The molecule has 4 fully saturated rings. The molecule has 5 aliphatic rings. The maximum absolute atomic E-state index is 14.2. The van der Waals surface area contributed by atoms with Crippen molar-refractivity contribution in [1.82, 2.24) is 15.1 Å². The van der Waals surface area contributed by atoms with Gasteiger partial charge in [-0.15, -0.1) is 0 Å². The van der Waals surface area contributed by atoms with Gasteiger partial charge in [-0.1, -0.05) is 44.9 Å². The SMILES string of the molecule is Cc1cc(C)cc(NC(=O)[C@H]2[C@H]3C=C[C@@]4(O3)[C@H]2C(=O)N(CCCN2CCCC2)[C@@H]4C(=O)N[C@@H]2CCC[C@@H](C)[C@H]2C)c1. The molecule has 2 bridgehead atoms. The number of likely N-dealkylation sites (tertiary alicyclic amines) is 2. The number of carbonyl (C=O) groups excluding carboxylic acids is 3. The Morgan fingerprint density at radius 3 is 2.46 bits per heavy atom. The maximum atomic E-state index is 14.2. The predicted octanol–water partition coefficient (Wildman–Crippen LogP) is 3.82. The average molecular weight is 563 g/mol. The van der Waals surface area contributed by atoms with Crippen LogP contribution in [0.2, 0.25) is 0 Å². The summed E-state index contributed by atoms with van der Waals surface area (Å²) in [4.78, 5) is 46.4. The van der Waals surface area contributed by atoms with Crippen LogP contribution in [0.5, 0.6) is 0 Å². The van der Waals surface area contributed by atoms with Crippen LogP contribution in [-0.4, -0.2) is 77.5 Å². The van der Waals surface area contributed by atoms with Gasteiger partial charge in [-0.05, 0) is 94.3 Å². The second kappa shape index (κ2) is 11.2. The third kappa shape index (κ3) is 5.11. The molecule has 1 spiro atoms. The number of fused-ring (bicyclic) bond motifs is 1. The first-order valence-electron chi connectivity index (χ1n) is 15.8. The van der Waals surface area contributed by atoms with Gasteiger partial charge in [0.25, 0.3) is 0 Å². The highest BCUT2D eigenvalue weighted by molar-refractivity contribution is 6.02. The zero-order chi connectivity index (χ0) is 28.9. The number of rotatable bonds is 8. The first-order valence-corrected chi connectivity index (χ1v) is 15.8. The molecule has 8 nitrogen and oxygen atoms in total. The Labute approximate surface area is 244 Å². The van der Waals surface area contributed by atoms with Crippen molar-refractivity contribution in [3.63, 3.8) is 0 Å². The molecule has 222 valence electrons. The Hall–Kier alpha value is -2.71. The lowest BCUT2D eigenvalue weighted by Crippen LogP contribution is -2.58. The van der Waals surface area contributed by atoms with Crippen LogP contribution in [0.4, 0.5) is 5.69 Å². The van der Waals surface area contributed by atoms with Crippen LogP contribution < -0.4 is 10.6 Å². The number of nitrogens with one attached hydrogen (secondary N) is 2. The number of anilines is 1. The van der Waals surface area contributed by atoms with Crippen molar-refractivity contribution >= 4 is 23.4 Å². The van der Waals surface area contributed by atoms with Crippen LogP contribution in [0.25, 0.3) is 0 Å². The van der Waals surface area contributed by atoms with E-state index in [0.717, 1.165) is 55.7 Å². The van der Waals surface area contributed by atoms with Gasteiger partial charge >= 0.3 is 0 Å². The van der Waals surface area contributed by atoms with Crippen LogP contribution >= 0.6 is 0 Å². The Bertz CT molecular complexity index is 1210. The largest absolute Gasteiger partial charge is 0.359 e. The fourth-order valence-corrected chi connectivity index (χ4v) is 8.30. The molecular weight excluding hydrogens is 516 g/mol. The number of aryl methyl sites for hydroxylation is 2. The smallest absolute Gasteiger partial charge is 0.246 e. The van der Waals surface area contributed by atoms with Crippen molar-refractivity contribution in [2.24, 2.45) is 23.7 Å². The average Bonchev–Trinajstić information content (AvgIpc) is 3.69. The lowest BCUT2D eigenvalue weighted by molar-refractivity contribution is -0.141. The Morgan fingerprint density at radius 1 is 1.00 bits per heavy atom. The molecule has 1 saturated carbocycles. The molecule has 3 saturated heterocycles. The standard InChI is InChI=1S/C33H46N4O4/c1-20-17-21(2)19-24(18-20)34-30(38)27-26-11-12-33(41-26)28(27)32(40)37(16-8-15-36-13-5-6-14-36)29(33)31(39)35-25-10-7-9-22(3)23(25)4/h11-12,17-19,22-23,25-29H,5-10,13-16H2,1-4H3,(H,34,38)(H,35,39)/t22-,23-,25-,26-,27+,28-,29-,33-/m1/s1. The van der Waals surface area contributed by atoms with Crippen LogP contribution in [-0.2, 0) is 19.1 Å². The highest BCUT2D eigenvalue weighted by atomic mass is 16.5. The third-order valence-electron chi connectivity index (χ3n) is 10.5. The summed E-state index contributed by atoms with van der Waals surface area (Å²) in [7, 11) is 0. The molecular formula is C33H46N4O4. The zero-order valence-corrected chi connectivity index (χ0v) is 25.0. The predicted molar refractivity (Wildman–Crippen MR) is 158 cm³/mol. The number of carbonyl (C=O) groups is 3. The molecule has 0 aromatic heterocycles. The molecule has 4 heterocycles. The highest BCUT2D eigenvalue weighted by Gasteiger charge is 2.72. The number of ether oxygens (including phenoxy) is 1. The van der Waals surface area contributed by atoms with E-state index in [4.69, 9.17) is 4.74 Å². The number of amides is 3. The van der Waals surface area contributed by atoms with E-state index in [1.165, 1.54) is 19.3 Å². The molecule has 2 N–H and O–H groups in total. The van der Waals surface area contributed by atoms with Crippen LogP contribution in [0.1, 0.15) is 63.5 Å². The second-order valence-electron chi connectivity index (χ2n) is 13.4. The lowest BCUT2D eigenvalue weighted by atomic mass is 9.73. The number of nitrogens with zero attached hydrogens (tertiary/aromatic N) is 2. The van der Waals surface area contributed by atoms with E-state index < -0.39 is 29.6 Å². The van der Waals surface area contributed by atoms with E-state index in [0.29, 0.717) is 18.4 Å². The summed E-state index contributed by atoms with van der Waals surface area (Å²) in [6.07, 6.45) is 9.73. The monoisotopic (exact) mass is 562 g/mol. The Morgan fingerprint density at radius 2 is 1.73 bits per heavy atom. The summed E-state index contributed by atoms with van der Waals surface area (Å²) in [5, 5.41) is 6.42. The van der Waals surface area contributed by atoms with Gasteiger partial charge in [0.15, 0.2) is 0 Å². The van der Waals surface area contributed by atoms with Gasteiger partial charge < -0.3 is 25.2 Å². The maximum Gasteiger partial charge on any atom is 0.246 e. The Kier molecular flexibility index (Phi) is 7.74. The van der Waals surface area contributed by atoms with Crippen molar-refractivity contribution in [1.29, 1.82) is 0 Å². The van der Waals surface area contributed by atoms with Crippen LogP contribution in [0.15, 0.2) is 30.4 Å². The molecule has 1 aromatic carbocycles. The van der Waals surface area contributed by atoms with Gasteiger partial charge in [-0.25, -0.2) is 0 Å². The molecule has 3 amide bonds. The fraction of sp³-hybridized carbons (Fsp3) is 0.667. The first-order chi connectivity index (χ1) is 19.7. The van der Waals surface area contributed by atoms with Crippen LogP contribution in [0, 0.1) is 37.5 Å². The topological polar surface area (TPSA) is 91.0 Å². The molecule has 1 aromatic rings. The van der Waals surface area contributed by atoms with E-state index >= 15 is 0 Å². The number of hydrogen-bond donors (Lipinski definition) is 2. The third-order valence-corrected chi connectivity index (χ3v) is 10.5. The molecule has 1 aliphatic carbocycles. The van der Waals surface area contributed by atoms with Gasteiger partial charge in [0, 0.05) is 18.3 Å². The van der Waals surface area contributed by atoms with Crippen LogP contribution in [0.3, 0.4) is 0 Å². The van der Waals surface area contributed by atoms with E-state index in [9.17, 15) is 14.4 Å². The van der Waals surface area contributed by atoms with E-state index in [1.807, 2.05) is 38.1 Å². The van der Waals surface area contributed by atoms with Crippen molar-refractivity contribution in [2.45, 2.75) is 90.0 Å². The van der Waals surface area contributed by atoms with Crippen molar-refractivity contribution in [3.8, 4) is 0 Å². The summed E-state index contributed by atoms with van der Waals surface area (Å²) in [6.45, 7) is 12.0. The van der Waals surface area contributed by atoms with Crippen molar-refractivity contribution in [2.75, 3.05) is 31.5 Å². The molecule has 8 heteroatoms. The quantitative estimate of drug-likeness (QED) is 0.470. The summed E-state index contributed by atoms with van der Waals surface area (Å²) in [6, 6.07) is 5.24. The summed E-state index contributed by atoms with van der Waals surface area (Å²) in [5.74, 6) is -0.988. The molecule has 0 radical (unpaired) electrons. The van der Waals surface area contributed by atoms with E-state index in [1.54, 1.807) is 4.90 Å². The normalized spacial score (nSPS) is 36.1. The highest BCUT2D eigenvalue weighted by Crippen LogP contribution is 2.55. The number of benzene rings is 1. The summed E-state index contributed by atoms with van der Waals surface area (Å²) < 4.78 is 6.55. The van der Waals surface area contributed by atoms with Crippen molar-refractivity contribution in [3.05, 3.63) is 41.5 Å². The zero-order valence-electron chi connectivity index (χ0n) is 25.0. The lowest BCUT2D eigenvalue weighted by Gasteiger charge is -2.38. The van der Waals surface area contributed by atoms with Crippen molar-refractivity contribution < 1.29 is 19.1 Å². The van der Waals surface area contributed by atoms with Gasteiger partial charge in [0.05, 0.1) is 17.9 Å². The second-order valence-corrected chi connectivity index (χ2v) is 13.4. The van der Waals surface area contributed by atoms with E-state index in [2.05, 4.69) is 35.4 Å². The van der Waals surface area contributed by atoms with Gasteiger partial charge in [-0.3, -0.25) is 14.4 Å². The molecule has 6 rings (SSSR count). The molecule has 8 atom stereocenters. The molecule has 41 heavy (non-hydrogen) atoms. The molecule has 4 aliphatic heterocycles. The summed E-state index contributed by atoms with van der Waals surface area (Å²) >= 11 is 0. The van der Waals surface area contributed by atoms with E-state index in [-0.39, 0.29) is 23.8 Å².